The number of carbonyl (C=O) groups is 2. The van der Waals surface area contributed by atoms with Crippen LogP contribution in [0.15, 0.2) is 16.8 Å². The summed E-state index contributed by atoms with van der Waals surface area (Å²) in [6.45, 7) is 3.47. The number of likely N-dealkylation sites (tertiary alicyclic amines) is 2. The Bertz CT molecular complexity index is 530. The summed E-state index contributed by atoms with van der Waals surface area (Å²) in [4.78, 5) is 28.9. The summed E-state index contributed by atoms with van der Waals surface area (Å²) < 4.78 is 0. The number of nitrogens with one attached hydrogen (secondary N) is 1. The predicted octanol–water partition coefficient (Wildman–Crippen LogP) is 1.81. The fraction of sp³-hybridized carbons (Fsp3) is 0.647. The molecule has 0 radical (unpaired) electrons. The third-order valence-corrected chi connectivity index (χ3v) is 5.67. The van der Waals surface area contributed by atoms with Crippen molar-refractivity contribution in [1.29, 1.82) is 0 Å². The average molecular weight is 335 g/mol. The predicted molar refractivity (Wildman–Crippen MR) is 91.6 cm³/mol. The van der Waals surface area contributed by atoms with E-state index >= 15 is 0 Å². The number of piperidine rings is 2. The van der Waals surface area contributed by atoms with Gasteiger partial charge in [0.05, 0.1) is 5.56 Å². The first kappa shape index (κ1) is 16.5. The van der Waals surface area contributed by atoms with Gasteiger partial charge in [-0.2, -0.15) is 11.3 Å². The zero-order chi connectivity index (χ0) is 16.2. The number of hydrogen-bond acceptors (Lipinski definition) is 4. The largest absolute Gasteiger partial charge is 0.353 e. The van der Waals surface area contributed by atoms with E-state index in [0.717, 1.165) is 44.3 Å². The molecule has 3 rings (SSSR count). The van der Waals surface area contributed by atoms with Gasteiger partial charge in [0, 0.05) is 30.4 Å². The molecule has 2 amide bonds. The molecule has 23 heavy (non-hydrogen) atoms. The molecule has 126 valence electrons. The lowest BCUT2D eigenvalue weighted by atomic mass is 9.94. The minimum atomic E-state index is 0.0566. The zero-order valence-electron chi connectivity index (χ0n) is 13.7. The van der Waals surface area contributed by atoms with Crippen LogP contribution in [0.3, 0.4) is 0 Å². The highest BCUT2D eigenvalue weighted by atomic mass is 32.1. The maximum Gasteiger partial charge on any atom is 0.254 e. The van der Waals surface area contributed by atoms with Gasteiger partial charge in [0.1, 0.15) is 0 Å². The van der Waals surface area contributed by atoms with E-state index in [0.29, 0.717) is 19.1 Å². The molecule has 5 nitrogen and oxygen atoms in total. The molecule has 0 aliphatic carbocycles. The first-order valence-electron chi connectivity index (χ1n) is 8.44. The van der Waals surface area contributed by atoms with Crippen molar-refractivity contribution >= 4 is 23.2 Å². The van der Waals surface area contributed by atoms with Crippen LogP contribution in [0.5, 0.6) is 0 Å². The SMILES string of the molecule is CN1CCC(NC(=O)C2CCN(C(=O)c3ccsc3)CC2)CC1. The molecule has 2 aliphatic heterocycles. The summed E-state index contributed by atoms with van der Waals surface area (Å²) in [5.41, 5.74) is 0.768. The van der Waals surface area contributed by atoms with Gasteiger partial charge in [-0.25, -0.2) is 0 Å². The van der Waals surface area contributed by atoms with Crippen LogP contribution in [-0.4, -0.2) is 60.9 Å². The van der Waals surface area contributed by atoms with Gasteiger partial charge in [-0.05, 0) is 57.3 Å². The minimum absolute atomic E-state index is 0.0566. The summed E-state index contributed by atoms with van der Waals surface area (Å²) in [6.07, 6.45) is 3.62. The van der Waals surface area contributed by atoms with Crippen LogP contribution < -0.4 is 5.32 Å². The maximum atomic E-state index is 12.4. The summed E-state index contributed by atoms with van der Waals surface area (Å²) in [5.74, 6) is 0.337. The number of thiophene rings is 1. The van der Waals surface area contributed by atoms with Crippen molar-refractivity contribution in [2.24, 2.45) is 5.92 Å². The normalized spacial score (nSPS) is 21.3. The lowest BCUT2D eigenvalue weighted by Gasteiger charge is -2.34. The van der Waals surface area contributed by atoms with Crippen LogP contribution in [0, 0.1) is 5.92 Å². The van der Waals surface area contributed by atoms with Crippen molar-refractivity contribution < 1.29 is 9.59 Å². The van der Waals surface area contributed by atoms with Crippen LogP contribution in [-0.2, 0) is 4.79 Å². The van der Waals surface area contributed by atoms with Crippen molar-refractivity contribution in [3.63, 3.8) is 0 Å². The topological polar surface area (TPSA) is 52.7 Å². The zero-order valence-corrected chi connectivity index (χ0v) is 14.5. The van der Waals surface area contributed by atoms with Crippen molar-refractivity contribution in [1.82, 2.24) is 15.1 Å². The standard InChI is InChI=1S/C17H25N3O2S/c1-19-7-4-15(5-8-19)18-16(21)13-2-9-20(10-3-13)17(22)14-6-11-23-12-14/h6,11-13,15H,2-5,7-10H2,1H3,(H,18,21). The fourth-order valence-electron chi connectivity index (χ4n) is 3.39. The van der Waals surface area contributed by atoms with Crippen molar-refractivity contribution in [3.8, 4) is 0 Å². The Morgan fingerprint density at radius 1 is 1.13 bits per heavy atom. The highest BCUT2D eigenvalue weighted by molar-refractivity contribution is 7.08. The monoisotopic (exact) mass is 335 g/mol. The van der Waals surface area contributed by atoms with E-state index < -0.39 is 0 Å². The van der Waals surface area contributed by atoms with Gasteiger partial charge < -0.3 is 15.1 Å². The first-order valence-corrected chi connectivity index (χ1v) is 9.38. The van der Waals surface area contributed by atoms with E-state index in [2.05, 4.69) is 17.3 Å². The molecule has 0 aromatic carbocycles. The Morgan fingerprint density at radius 3 is 2.43 bits per heavy atom. The van der Waals surface area contributed by atoms with Gasteiger partial charge in [0.2, 0.25) is 5.91 Å². The summed E-state index contributed by atoms with van der Waals surface area (Å²) in [7, 11) is 2.12. The van der Waals surface area contributed by atoms with Gasteiger partial charge in [-0.3, -0.25) is 9.59 Å². The second-order valence-corrected chi connectivity index (χ2v) is 7.44. The number of nitrogens with zero attached hydrogens (tertiary/aromatic N) is 2. The van der Waals surface area contributed by atoms with Crippen LogP contribution in [0.2, 0.25) is 0 Å². The van der Waals surface area contributed by atoms with Gasteiger partial charge in [-0.15, -0.1) is 0 Å². The number of hydrogen-bond donors (Lipinski definition) is 1. The molecular formula is C17H25N3O2S. The fourth-order valence-corrected chi connectivity index (χ4v) is 4.02. The van der Waals surface area contributed by atoms with Crippen LogP contribution in [0.1, 0.15) is 36.0 Å². The number of amides is 2. The Morgan fingerprint density at radius 2 is 1.83 bits per heavy atom. The molecule has 2 aliphatic rings. The third-order valence-electron chi connectivity index (χ3n) is 4.99. The molecule has 6 heteroatoms. The van der Waals surface area contributed by atoms with Gasteiger partial charge in [0.15, 0.2) is 0 Å². The molecule has 0 spiro atoms. The molecule has 0 bridgehead atoms. The number of carbonyl (C=O) groups excluding carboxylic acids is 2. The molecule has 2 saturated heterocycles. The molecule has 0 unspecified atom stereocenters. The Labute approximate surface area is 141 Å². The average Bonchev–Trinajstić information content (AvgIpc) is 3.11. The molecule has 0 atom stereocenters. The van der Waals surface area contributed by atoms with E-state index in [1.807, 2.05) is 21.7 Å². The van der Waals surface area contributed by atoms with Crippen molar-refractivity contribution in [3.05, 3.63) is 22.4 Å². The lowest BCUT2D eigenvalue weighted by Crippen LogP contribution is -2.48. The first-order chi connectivity index (χ1) is 11.1. The van der Waals surface area contributed by atoms with E-state index in [1.54, 1.807) is 11.3 Å². The number of rotatable bonds is 3. The van der Waals surface area contributed by atoms with E-state index in [-0.39, 0.29) is 17.7 Å². The summed E-state index contributed by atoms with van der Waals surface area (Å²) >= 11 is 1.54. The molecule has 3 heterocycles. The van der Waals surface area contributed by atoms with Crippen LogP contribution in [0.4, 0.5) is 0 Å². The lowest BCUT2D eigenvalue weighted by molar-refractivity contribution is -0.127. The van der Waals surface area contributed by atoms with Gasteiger partial charge >= 0.3 is 0 Å². The van der Waals surface area contributed by atoms with E-state index in [4.69, 9.17) is 0 Å². The van der Waals surface area contributed by atoms with Crippen LogP contribution in [0.25, 0.3) is 0 Å². The quantitative estimate of drug-likeness (QED) is 0.917. The van der Waals surface area contributed by atoms with Crippen LogP contribution >= 0.6 is 11.3 Å². The molecule has 2 fully saturated rings. The van der Waals surface area contributed by atoms with Crippen molar-refractivity contribution in [2.45, 2.75) is 31.7 Å². The smallest absolute Gasteiger partial charge is 0.254 e. The second-order valence-electron chi connectivity index (χ2n) is 6.66. The Hall–Kier alpha value is -1.40. The van der Waals surface area contributed by atoms with Gasteiger partial charge in [0.25, 0.3) is 5.91 Å². The summed E-state index contributed by atoms with van der Waals surface area (Å²) in [5, 5.41) is 7.03. The molecule has 1 aromatic heterocycles. The van der Waals surface area contributed by atoms with E-state index in [1.165, 1.54) is 0 Å². The third kappa shape index (κ3) is 4.12. The molecule has 0 saturated carbocycles. The van der Waals surface area contributed by atoms with Crippen molar-refractivity contribution in [2.75, 3.05) is 33.2 Å². The second kappa shape index (κ2) is 7.45. The molecule has 1 aromatic rings. The Balaban J connectivity index is 1.45. The highest BCUT2D eigenvalue weighted by Crippen LogP contribution is 2.21. The molecular weight excluding hydrogens is 310 g/mol. The van der Waals surface area contributed by atoms with Gasteiger partial charge in [-0.1, -0.05) is 0 Å². The molecule has 1 N–H and O–H groups in total. The summed E-state index contributed by atoms with van der Waals surface area (Å²) in [6, 6.07) is 2.19. The minimum Gasteiger partial charge on any atom is -0.353 e. The highest BCUT2D eigenvalue weighted by Gasteiger charge is 2.29. The Kier molecular flexibility index (Phi) is 5.33. The maximum absolute atomic E-state index is 12.4. The van der Waals surface area contributed by atoms with E-state index in [9.17, 15) is 9.59 Å².